The van der Waals surface area contributed by atoms with Gasteiger partial charge in [-0.15, -0.1) is 11.3 Å². The third kappa shape index (κ3) is 5.36. The summed E-state index contributed by atoms with van der Waals surface area (Å²) in [6, 6.07) is 18.2. The Bertz CT molecular complexity index is 1180. The third-order valence-electron chi connectivity index (χ3n) is 4.93. The lowest BCUT2D eigenvalue weighted by atomic mass is 10.2. The fourth-order valence-corrected chi connectivity index (χ4v) is 4.65. The quantitative estimate of drug-likeness (QED) is 0.279. The number of benzene rings is 2. The van der Waals surface area contributed by atoms with Crippen molar-refractivity contribution in [3.8, 4) is 21.0 Å². The van der Waals surface area contributed by atoms with Gasteiger partial charge < -0.3 is 10.2 Å². The van der Waals surface area contributed by atoms with Crippen LogP contribution in [0.5, 0.6) is 0 Å². The highest BCUT2D eigenvalue weighted by atomic mass is 35.5. The Morgan fingerprint density at radius 1 is 0.871 bits per heavy atom. The van der Waals surface area contributed by atoms with E-state index in [2.05, 4.69) is 60.7 Å². The van der Waals surface area contributed by atoms with Crippen LogP contribution in [0.15, 0.2) is 54.6 Å². The van der Waals surface area contributed by atoms with Crippen LogP contribution in [0.4, 0.5) is 5.82 Å². The van der Waals surface area contributed by atoms with Crippen molar-refractivity contribution in [1.82, 2.24) is 14.9 Å². The van der Waals surface area contributed by atoms with E-state index < -0.39 is 0 Å². The lowest BCUT2D eigenvalue weighted by Gasteiger charge is -2.13. The molecular weight excluding hydrogens is 447 g/mol. The maximum absolute atomic E-state index is 6.24. The van der Waals surface area contributed by atoms with Crippen molar-refractivity contribution in [2.75, 3.05) is 32.5 Å². The van der Waals surface area contributed by atoms with Gasteiger partial charge in [-0.1, -0.05) is 53.5 Å². The van der Waals surface area contributed by atoms with Gasteiger partial charge in [0.05, 0.1) is 26.0 Å². The molecule has 0 bridgehead atoms. The number of hydrogen-bond donors (Lipinski definition) is 1. The van der Waals surface area contributed by atoms with Gasteiger partial charge >= 0.3 is 0 Å². The highest BCUT2D eigenvalue weighted by Crippen LogP contribution is 2.37. The first-order chi connectivity index (χ1) is 15.0. The van der Waals surface area contributed by atoms with Crippen LogP contribution >= 0.6 is 34.5 Å². The highest BCUT2D eigenvalue weighted by molar-refractivity contribution is 7.18. The molecule has 0 fully saturated rings. The molecule has 7 heteroatoms. The molecule has 2 aromatic heterocycles. The van der Waals surface area contributed by atoms with Crippen LogP contribution in [-0.4, -0.2) is 42.1 Å². The van der Waals surface area contributed by atoms with Gasteiger partial charge in [-0.3, -0.25) is 0 Å². The lowest BCUT2D eigenvalue weighted by molar-refractivity contribution is 0.396. The number of nitrogens with zero attached hydrogens (tertiary/aromatic N) is 3. The van der Waals surface area contributed by atoms with Gasteiger partial charge in [0.1, 0.15) is 5.69 Å². The molecule has 0 amide bonds. The summed E-state index contributed by atoms with van der Waals surface area (Å²) in [5.74, 6) is 0.775. The van der Waals surface area contributed by atoms with Crippen LogP contribution in [0.25, 0.3) is 32.0 Å². The van der Waals surface area contributed by atoms with E-state index in [1.807, 2.05) is 6.07 Å². The van der Waals surface area contributed by atoms with Crippen LogP contribution in [-0.2, 0) is 0 Å². The molecule has 4 nitrogen and oxygen atoms in total. The Kier molecular flexibility index (Phi) is 7.08. The minimum Gasteiger partial charge on any atom is -0.368 e. The minimum absolute atomic E-state index is 0.481. The van der Waals surface area contributed by atoms with E-state index in [4.69, 9.17) is 33.2 Å². The molecule has 2 heterocycles. The van der Waals surface area contributed by atoms with Crippen molar-refractivity contribution in [2.45, 2.75) is 12.8 Å². The van der Waals surface area contributed by atoms with E-state index in [1.165, 1.54) is 10.4 Å². The first kappa shape index (κ1) is 22.0. The summed E-state index contributed by atoms with van der Waals surface area (Å²) in [7, 11) is 4.19. The first-order valence-corrected chi connectivity index (χ1v) is 11.8. The third-order valence-corrected chi connectivity index (χ3v) is 6.79. The molecule has 1 N–H and O–H groups in total. The Hall–Kier alpha value is -2.18. The van der Waals surface area contributed by atoms with Crippen LogP contribution in [0.2, 0.25) is 10.0 Å². The predicted molar refractivity (Wildman–Crippen MR) is 135 cm³/mol. The Balaban J connectivity index is 1.68. The standard InChI is InChI=1S/C24H24Cl2N4S/c1-30(2)13-7-6-12-27-24-23(28-19-14-17(25)18(26)15-20(19)29-24)22-11-10-21(31-22)16-8-4-3-5-9-16/h3-5,8-11,14-15H,6-7,12-13H2,1-2H3,(H,27,29). The number of thiophene rings is 1. The second-order valence-electron chi connectivity index (χ2n) is 7.64. The zero-order valence-corrected chi connectivity index (χ0v) is 19.9. The van der Waals surface area contributed by atoms with Crippen LogP contribution in [0.1, 0.15) is 12.8 Å². The first-order valence-electron chi connectivity index (χ1n) is 10.2. The number of unbranched alkanes of at least 4 members (excludes halogenated alkanes) is 1. The average Bonchev–Trinajstić information content (AvgIpc) is 3.24. The number of aromatic nitrogens is 2. The molecule has 160 valence electrons. The highest BCUT2D eigenvalue weighted by Gasteiger charge is 2.15. The molecule has 4 aromatic rings. The van der Waals surface area contributed by atoms with E-state index in [9.17, 15) is 0 Å². The van der Waals surface area contributed by atoms with Crippen LogP contribution in [0, 0.1) is 0 Å². The summed E-state index contributed by atoms with van der Waals surface area (Å²) in [6.07, 6.45) is 2.17. The van der Waals surface area contributed by atoms with Crippen molar-refractivity contribution in [3.05, 3.63) is 64.6 Å². The van der Waals surface area contributed by atoms with Gasteiger partial charge in [-0.05, 0) is 63.3 Å². The number of fused-ring (bicyclic) bond motifs is 1. The SMILES string of the molecule is CN(C)CCCCNc1nc2cc(Cl)c(Cl)cc2nc1-c1ccc(-c2ccccc2)s1. The minimum atomic E-state index is 0.481. The molecule has 0 aliphatic carbocycles. The van der Waals surface area contributed by atoms with Crippen molar-refractivity contribution in [2.24, 2.45) is 0 Å². The summed E-state index contributed by atoms with van der Waals surface area (Å²) in [5.41, 5.74) is 3.50. The van der Waals surface area contributed by atoms with E-state index in [1.54, 1.807) is 23.5 Å². The number of rotatable bonds is 8. The number of nitrogens with one attached hydrogen (secondary N) is 1. The van der Waals surface area contributed by atoms with E-state index in [0.717, 1.165) is 53.4 Å². The normalized spacial score (nSPS) is 11.4. The molecule has 2 aromatic carbocycles. The van der Waals surface area contributed by atoms with Crippen molar-refractivity contribution >= 4 is 51.4 Å². The summed E-state index contributed by atoms with van der Waals surface area (Å²) >= 11 is 14.2. The van der Waals surface area contributed by atoms with Crippen LogP contribution < -0.4 is 5.32 Å². The van der Waals surface area contributed by atoms with E-state index in [0.29, 0.717) is 10.0 Å². The maximum atomic E-state index is 6.24. The van der Waals surface area contributed by atoms with Crippen LogP contribution in [0.3, 0.4) is 0 Å². The Morgan fingerprint density at radius 2 is 1.55 bits per heavy atom. The fourth-order valence-electron chi connectivity index (χ4n) is 3.33. The summed E-state index contributed by atoms with van der Waals surface area (Å²) in [4.78, 5) is 14.2. The lowest BCUT2D eigenvalue weighted by Crippen LogP contribution is -2.14. The second-order valence-corrected chi connectivity index (χ2v) is 9.54. The molecule has 0 saturated heterocycles. The topological polar surface area (TPSA) is 41.0 Å². The molecule has 0 unspecified atom stereocenters. The van der Waals surface area contributed by atoms with Gasteiger partial charge in [0.25, 0.3) is 0 Å². The smallest absolute Gasteiger partial charge is 0.154 e. The zero-order valence-electron chi connectivity index (χ0n) is 17.5. The van der Waals surface area contributed by atoms with E-state index in [-0.39, 0.29) is 0 Å². The summed E-state index contributed by atoms with van der Waals surface area (Å²) < 4.78 is 0. The average molecular weight is 471 g/mol. The summed E-state index contributed by atoms with van der Waals surface area (Å²) in [5, 5.41) is 4.46. The molecule has 31 heavy (non-hydrogen) atoms. The number of hydrogen-bond acceptors (Lipinski definition) is 5. The zero-order chi connectivity index (χ0) is 21.8. The largest absolute Gasteiger partial charge is 0.368 e. The van der Waals surface area contributed by atoms with Gasteiger partial charge in [-0.2, -0.15) is 0 Å². The molecule has 0 radical (unpaired) electrons. The maximum Gasteiger partial charge on any atom is 0.154 e. The molecule has 0 aliphatic rings. The molecule has 0 atom stereocenters. The molecule has 0 aliphatic heterocycles. The number of halogens is 2. The molecule has 4 rings (SSSR count). The van der Waals surface area contributed by atoms with E-state index >= 15 is 0 Å². The molecule has 0 saturated carbocycles. The Labute approximate surface area is 196 Å². The fraction of sp³-hybridized carbons (Fsp3) is 0.250. The van der Waals surface area contributed by atoms with Gasteiger partial charge in [0.15, 0.2) is 5.82 Å². The van der Waals surface area contributed by atoms with Gasteiger partial charge in [0, 0.05) is 11.4 Å². The Morgan fingerprint density at radius 3 is 2.26 bits per heavy atom. The monoisotopic (exact) mass is 470 g/mol. The van der Waals surface area contributed by atoms with Gasteiger partial charge in [-0.25, -0.2) is 9.97 Å². The predicted octanol–water partition coefficient (Wildman–Crippen LogP) is 7.09. The molecule has 0 spiro atoms. The van der Waals surface area contributed by atoms with Crippen molar-refractivity contribution in [3.63, 3.8) is 0 Å². The van der Waals surface area contributed by atoms with Gasteiger partial charge in [0.2, 0.25) is 0 Å². The second kappa shape index (κ2) is 9.96. The molecular formula is C24H24Cl2N4S. The van der Waals surface area contributed by atoms with Crippen molar-refractivity contribution < 1.29 is 0 Å². The number of anilines is 1. The summed E-state index contributed by atoms with van der Waals surface area (Å²) in [6.45, 7) is 1.90. The van der Waals surface area contributed by atoms with Crippen molar-refractivity contribution in [1.29, 1.82) is 0 Å².